The molecule has 92 valence electrons. The van der Waals surface area contributed by atoms with E-state index in [9.17, 15) is 0 Å². The number of para-hydroxylation sites is 1. The first-order chi connectivity index (χ1) is 8.79. The molecule has 1 aromatic carbocycles. The summed E-state index contributed by atoms with van der Waals surface area (Å²) in [6.07, 6.45) is 0. The molecule has 0 bridgehead atoms. The summed E-state index contributed by atoms with van der Waals surface area (Å²) in [6, 6.07) is 7.86. The average Bonchev–Trinajstić information content (AvgIpc) is 2.81. The monoisotopic (exact) mass is 260 g/mol. The van der Waals surface area contributed by atoms with E-state index in [0.29, 0.717) is 11.0 Å². The van der Waals surface area contributed by atoms with E-state index in [4.69, 9.17) is 9.52 Å². The van der Waals surface area contributed by atoms with Crippen molar-refractivity contribution in [3.63, 3.8) is 0 Å². The van der Waals surface area contributed by atoms with Crippen LogP contribution in [0.1, 0.15) is 5.69 Å². The molecule has 0 amide bonds. The molecule has 0 radical (unpaired) electrons. The van der Waals surface area contributed by atoms with Gasteiger partial charge in [-0.15, -0.1) is 0 Å². The number of benzene rings is 1. The van der Waals surface area contributed by atoms with Crippen LogP contribution in [0.4, 0.5) is 0 Å². The molecule has 0 aliphatic rings. The van der Waals surface area contributed by atoms with E-state index < -0.39 is 0 Å². The van der Waals surface area contributed by atoms with Gasteiger partial charge in [0.05, 0.1) is 17.8 Å². The van der Waals surface area contributed by atoms with Gasteiger partial charge in [-0.3, -0.25) is 4.98 Å². The second-order valence-corrected chi connectivity index (χ2v) is 4.99. The zero-order valence-electron chi connectivity index (χ0n) is 9.88. The zero-order valence-corrected chi connectivity index (χ0v) is 10.7. The number of thioether (sulfide) groups is 1. The summed E-state index contributed by atoms with van der Waals surface area (Å²) >= 11 is 1.41. The molecule has 5 heteroatoms. The van der Waals surface area contributed by atoms with E-state index in [1.54, 1.807) is 0 Å². The zero-order chi connectivity index (χ0) is 12.5. The third-order valence-corrected chi connectivity index (χ3v) is 3.51. The highest BCUT2D eigenvalue weighted by Gasteiger charge is 2.13. The van der Waals surface area contributed by atoms with Crippen LogP contribution >= 0.6 is 11.8 Å². The van der Waals surface area contributed by atoms with Crippen molar-refractivity contribution in [3.8, 4) is 0 Å². The van der Waals surface area contributed by atoms with Crippen LogP contribution in [0.5, 0.6) is 0 Å². The molecule has 2 heterocycles. The predicted molar refractivity (Wildman–Crippen MR) is 71.9 cm³/mol. The van der Waals surface area contributed by atoms with Gasteiger partial charge in [0.15, 0.2) is 5.58 Å². The summed E-state index contributed by atoms with van der Waals surface area (Å²) in [5.74, 6) is 0.581. The first kappa shape index (κ1) is 11.5. The van der Waals surface area contributed by atoms with E-state index in [0.717, 1.165) is 27.7 Å². The van der Waals surface area contributed by atoms with Crippen molar-refractivity contribution in [2.75, 3.05) is 12.4 Å². The van der Waals surface area contributed by atoms with Crippen LogP contribution in [-0.2, 0) is 0 Å². The smallest absolute Gasteiger partial charge is 0.256 e. The lowest BCUT2D eigenvalue weighted by Crippen LogP contribution is -1.86. The molecule has 0 fully saturated rings. The standard InChI is InChI=1S/C13H12N2O2S/c1-8-11-12(17-13(15-11)18-7-6-16)9-4-2-3-5-10(9)14-8/h2-5,16H,6-7H2,1H3. The van der Waals surface area contributed by atoms with Gasteiger partial charge in [0.2, 0.25) is 0 Å². The van der Waals surface area contributed by atoms with Gasteiger partial charge >= 0.3 is 0 Å². The number of oxazole rings is 1. The molecular weight excluding hydrogens is 248 g/mol. The van der Waals surface area contributed by atoms with E-state index in [1.807, 2.05) is 31.2 Å². The highest BCUT2D eigenvalue weighted by molar-refractivity contribution is 7.99. The van der Waals surface area contributed by atoms with Gasteiger partial charge in [0.25, 0.3) is 5.22 Å². The van der Waals surface area contributed by atoms with Gasteiger partial charge in [0, 0.05) is 11.1 Å². The second-order valence-electron chi connectivity index (χ2n) is 3.94. The van der Waals surface area contributed by atoms with E-state index in [1.165, 1.54) is 11.8 Å². The minimum absolute atomic E-state index is 0.112. The van der Waals surface area contributed by atoms with Crippen molar-refractivity contribution >= 4 is 33.8 Å². The largest absolute Gasteiger partial charge is 0.431 e. The van der Waals surface area contributed by atoms with Gasteiger partial charge < -0.3 is 9.52 Å². The summed E-state index contributed by atoms with van der Waals surface area (Å²) in [6.45, 7) is 2.04. The number of hydrogen-bond donors (Lipinski definition) is 1. The van der Waals surface area contributed by atoms with Crippen LogP contribution in [-0.4, -0.2) is 27.4 Å². The number of rotatable bonds is 3. The van der Waals surface area contributed by atoms with Crippen LogP contribution in [0.15, 0.2) is 33.9 Å². The molecule has 18 heavy (non-hydrogen) atoms. The van der Waals surface area contributed by atoms with Gasteiger partial charge in [-0.05, 0) is 19.1 Å². The molecule has 0 saturated heterocycles. The van der Waals surface area contributed by atoms with E-state index >= 15 is 0 Å². The molecule has 0 atom stereocenters. The number of aliphatic hydroxyl groups is 1. The Kier molecular flexibility index (Phi) is 2.93. The molecule has 0 saturated carbocycles. The lowest BCUT2D eigenvalue weighted by Gasteiger charge is -1.98. The van der Waals surface area contributed by atoms with Crippen molar-refractivity contribution in [2.45, 2.75) is 12.1 Å². The second kappa shape index (κ2) is 4.59. The van der Waals surface area contributed by atoms with Crippen molar-refractivity contribution in [1.29, 1.82) is 0 Å². The molecule has 3 rings (SSSR count). The summed E-state index contributed by atoms with van der Waals surface area (Å²) < 4.78 is 5.76. The first-order valence-corrected chi connectivity index (χ1v) is 6.67. The maximum Gasteiger partial charge on any atom is 0.256 e. The summed E-state index contributed by atoms with van der Waals surface area (Å²) in [5, 5.41) is 10.4. The van der Waals surface area contributed by atoms with E-state index in [-0.39, 0.29) is 6.61 Å². The number of pyridine rings is 1. The van der Waals surface area contributed by atoms with E-state index in [2.05, 4.69) is 9.97 Å². The van der Waals surface area contributed by atoms with Crippen LogP contribution in [0, 0.1) is 6.92 Å². The Morgan fingerprint density at radius 2 is 2.11 bits per heavy atom. The Bertz CT molecular complexity index is 709. The average molecular weight is 260 g/mol. The van der Waals surface area contributed by atoms with Crippen LogP contribution < -0.4 is 0 Å². The molecule has 3 aromatic rings. The SMILES string of the molecule is Cc1nc2ccccc2c2oc(SCCO)nc12. The van der Waals surface area contributed by atoms with Gasteiger partial charge in [-0.2, -0.15) is 0 Å². The van der Waals surface area contributed by atoms with Crippen molar-refractivity contribution in [2.24, 2.45) is 0 Å². The van der Waals surface area contributed by atoms with Crippen molar-refractivity contribution < 1.29 is 9.52 Å². The Balaban J connectivity index is 2.24. The minimum atomic E-state index is 0.112. The van der Waals surface area contributed by atoms with Gasteiger partial charge in [0.1, 0.15) is 5.52 Å². The van der Waals surface area contributed by atoms with Crippen molar-refractivity contribution in [1.82, 2.24) is 9.97 Å². The first-order valence-electron chi connectivity index (χ1n) is 5.69. The Labute approximate surface area is 108 Å². The van der Waals surface area contributed by atoms with Crippen LogP contribution in [0.2, 0.25) is 0 Å². The van der Waals surface area contributed by atoms with Crippen LogP contribution in [0.3, 0.4) is 0 Å². The maximum atomic E-state index is 8.83. The summed E-state index contributed by atoms with van der Waals surface area (Å²) in [5.41, 5.74) is 3.35. The van der Waals surface area contributed by atoms with Crippen molar-refractivity contribution in [3.05, 3.63) is 30.0 Å². The predicted octanol–water partition coefficient (Wildman–Crippen LogP) is 2.77. The number of fused-ring (bicyclic) bond motifs is 3. The number of aliphatic hydroxyl groups excluding tert-OH is 1. The topological polar surface area (TPSA) is 59.2 Å². The molecule has 0 aliphatic carbocycles. The molecule has 1 N–H and O–H groups in total. The normalized spacial score (nSPS) is 11.4. The minimum Gasteiger partial charge on any atom is -0.431 e. The number of hydrogen-bond acceptors (Lipinski definition) is 5. The number of aryl methyl sites for hydroxylation is 1. The highest BCUT2D eigenvalue weighted by atomic mass is 32.2. The fourth-order valence-corrected chi connectivity index (χ4v) is 2.48. The molecule has 4 nitrogen and oxygen atoms in total. The third-order valence-electron chi connectivity index (χ3n) is 2.70. The quantitative estimate of drug-likeness (QED) is 0.734. The molecular formula is C13H12N2O2S. The molecule has 0 unspecified atom stereocenters. The van der Waals surface area contributed by atoms with Crippen LogP contribution in [0.25, 0.3) is 22.0 Å². The van der Waals surface area contributed by atoms with Gasteiger partial charge in [-0.1, -0.05) is 23.9 Å². The lowest BCUT2D eigenvalue weighted by atomic mass is 10.2. The maximum absolute atomic E-state index is 8.83. The Hall–Kier alpha value is -1.59. The fourth-order valence-electron chi connectivity index (χ4n) is 1.92. The number of nitrogens with zero attached hydrogens (tertiary/aromatic N) is 2. The Morgan fingerprint density at radius 1 is 1.28 bits per heavy atom. The summed E-state index contributed by atoms with van der Waals surface area (Å²) in [4.78, 5) is 8.94. The number of aromatic nitrogens is 2. The summed E-state index contributed by atoms with van der Waals surface area (Å²) in [7, 11) is 0. The fraction of sp³-hybridized carbons (Fsp3) is 0.231. The Morgan fingerprint density at radius 3 is 2.94 bits per heavy atom. The lowest BCUT2D eigenvalue weighted by molar-refractivity contribution is 0.322. The molecule has 0 aliphatic heterocycles. The highest BCUT2D eigenvalue weighted by Crippen LogP contribution is 2.30. The molecule has 0 spiro atoms. The molecule has 2 aromatic heterocycles. The van der Waals surface area contributed by atoms with Gasteiger partial charge in [-0.25, -0.2) is 4.98 Å². The third kappa shape index (κ3) is 1.85.